The van der Waals surface area contributed by atoms with Crippen LogP contribution in [0.15, 0.2) is 0 Å². The smallest absolute Gasteiger partial charge is 0.306 e. The van der Waals surface area contributed by atoms with Crippen molar-refractivity contribution in [2.24, 2.45) is 0 Å². The summed E-state index contributed by atoms with van der Waals surface area (Å²) in [5.41, 5.74) is 0. The molecular formula is C32H60O8. The molecule has 1 heterocycles. The highest BCUT2D eigenvalue weighted by Gasteiger charge is 2.50. The van der Waals surface area contributed by atoms with Gasteiger partial charge in [0.05, 0.1) is 6.61 Å². The van der Waals surface area contributed by atoms with Crippen LogP contribution in [0.3, 0.4) is 0 Å². The first-order valence-electron chi connectivity index (χ1n) is 16.4. The van der Waals surface area contributed by atoms with Crippen LogP contribution in [-0.2, 0) is 28.5 Å². The van der Waals surface area contributed by atoms with Gasteiger partial charge in [-0.15, -0.1) is 0 Å². The topological polar surface area (TPSA) is 112 Å². The van der Waals surface area contributed by atoms with Gasteiger partial charge in [0.25, 0.3) is 0 Å². The van der Waals surface area contributed by atoms with E-state index < -0.39 is 49.3 Å². The summed E-state index contributed by atoms with van der Waals surface area (Å²) in [6.45, 7) is 5.99. The summed E-state index contributed by atoms with van der Waals surface area (Å²) in [7, 11) is 0. The first-order valence-corrected chi connectivity index (χ1v) is 16.4. The van der Waals surface area contributed by atoms with E-state index >= 15 is 0 Å². The van der Waals surface area contributed by atoms with E-state index in [0.717, 1.165) is 25.7 Å². The Morgan fingerprint density at radius 2 is 1.02 bits per heavy atom. The van der Waals surface area contributed by atoms with Crippen molar-refractivity contribution in [1.29, 1.82) is 0 Å². The molecule has 1 unspecified atom stereocenters. The lowest BCUT2D eigenvalue weighted by Crippen LogP contribution is -2.61. The molecule has 0 aromatic rings. The zero-order chi connectivity index (χ0) is 29.4. The first kappa shape index (κ1) is 36.8. The summed E-state index contributed by atoms with van der Waals surface area (Å²) in [6, 6.07) is 0. The van der Waals surface area contributed by atoms with Gasteiger partial charge in [-0.05, 0) is 19.8 Å². The fourth-order valence-electron chi connectivity index (χ4n) is 5.18. The predicted octanol–water partition coefficient (Wildman–Crippen LogP) is 6.77. The van der Waals surface area contributed by atoms with Crippen molar-refractivity contribution in [3.63, 3.8) is 0 Å². The number of esters is 2. The zero-order valence-corrected chi connectivity index (χ0v) is 25.8. The Hall–Kier alpha value is -1.22. The number of rotatable bonds is 25. The van der Waals surface area contributed by atoms with E-state index in [1.165, 1.54) is 77.0 Å². The maximum atomic E-state index is 12.7. The summed E-state index contributed by atoms with van der Waals surface area (Å²) in [5.74, 6) is -0.892. The third kappa shape index (κ3) is 16.3. The molecule has 5 atom stereocenters. The molecule has 1 aliphatic heterocycles. The Morgan fingerprint density at radius 3 is 1.43 bits per heavy atom. The van der Waals surface area contributed by atoms with Gasteiger partial charge in [0, 0.05) is 19.4 Å². The van der Waals surface area contributed by atoms with E-state index in [1.807, 2.05) is 0 Å². The minimum absolute atomic E-state index is 0.224. The molecule has 40 heavy (non-hydrogen) atoms. The van der Waals surface area contributed by atoms with Crippen LogP contribution >= 0.6 is 0 Å². The molecule has 1 saturated heterocycles. The zero-order valence-electron chi connectivity index (χ0n) is 25.8. The minimum Gasteiger partial charge on any atom is -0.455 e. The lowest BCUT2D eigenvalue weighted by molar-refractivity contribution is -0.305. The van der Waals surface area contributed by atoms with Crippen LogP contribution in [0, 0.1) is 0 Å². The third-order valence-electron chi connectivity index (χ3n) is 7.63. The number of carbonyl (C=O) groups excluding carboxylic acids is 2. The molecule has 1 aliphatic rings. The Bertz CT molecular complexity index is 592. The van der Waals surface area contributed by atoms with Crippen molar-refractivity contribution in [3.8, 4) is 0 Å². The molecule has 236 valence electrons. The van der Waals surface area contributed by atoms with Gasteiger partial charge >= 0.3 is 11.9 Å². The molecule has 8 heteroatoms. The Labute approximate surface area is 243 Å². The van der Waals surface area contributed by atoms with Crippen molar-refractivity contribution in [2.45, 2.75) is 180 Å². The molecule has 0 saturated carbocycles. The van der Waals surface area contributed by atoms with Gasteiger partial charge in [0.1, 0.15) is 12.2 Å². The molecule has 0 aromatic carbocycles. The van der Waals surface area contributed by atoms with Gasteiger partial charge in [0.2, 0.25) is 0 Å². The number of hydrogen-bond donors (Lipinski definition) is 2. The molecule has 0 spiro atoms. The van der Waals surface area contributed by atoms with Crippen LogP contribution < -0.4 is 0 Å². The maximum Gasteiger partial charge on any atom is 0.306 e. The maximum absolute atomic E-state index is 12.7. The Kier molecular flexibility index (Phi) is 22.4. The van der Waals surface area contributed by atoms with Crippen molar-refractivity contribution in [1.82, 2.24) is 0 Å². The van der Waals surface area contributed by atoms with Crippen molar-refractivity contribution in [3.05, 3.63) is 0 Å². The molecule has 0 amide bonds. The molecule has 1 fully saturated rings. The van der Waals surface area contributed by atoms with Gasteiger partial charge in [0.15, 0.2) is 18.5 Å². The number of carbonyl (C=O) groups is 2. The van der Waals surface area contributed by atoms with Gasteiger partial charge in [-0.25, -0.2) is 0 Å². The van der Waals surface area contributed by atoms with Crippen molar-refractivity contribution in [2.75, 3.05) is 13.2 Å². The van der Waals surface area contributed by atoms with Gasteiger partial charge in [-0.1, -0.05) is 117 Å². The normalized spacial score (nSPS) is 22.8. The van der Waals surface area contributed by atoms with Crippen LogP contribution in [0.5, 0.6) is 0 Å². The van der Waals surface area contributed by atoms with Crippen LogP contribution in [0.1, 0.15) is 149 Å². The van der Waals surface area contributed by atoms with E-state index in [9.17, 15) is 19.8 Å². The molecule has 0 aliphatic carbocycles. The number of hydrogen-bond acceptors (Lipinski definition) is 8. The van der Waals surface area contributed by atoms with E-state index in [-0.39, 0.29) is 19.4 Å². The average Bonchev–Trinajstić information content (AvgIpc) is 2.94. The third-order valence-corrected chi connectivity index (χ3v) is 7.63. The number of ether oxygens (including phenoxy) is 4. The van der Waals surface area contributed by atoms with Crippen molar-refractivity contribution < 1.29 is 38.7 Å². The van der Waals surface area contributed by atoms with Crippen LogP contribution in [0.2, 0.25) is 0 Å². The number of aliphatic hydroxyl groups excluding tert-OH is 2. The molecule has 0 radical (unpaired) electrons. The quantitative estimate of drug-likeness (QED) is 0.0911. The minimum atomic E-state index is -1.33. The summed E-state index contributed by atoms with van der Waals surface area (Å²) in [5, 5.41) is 20.5. The second-order valence-electron chi connectivity index (χ2n) is 11.2. The molecular weight excluding hydrogens is 512 g/mol. The molecule has 0 aromatic heterocycles. The highest BCUT2D eigenvalue weighted by atomic mass is 16.7. The van der Waals surface area contributed by atoms with E-state index in [1.54, 1.807) is 6.92 Å². The monoisotopic (exact) mass is 572 g/mol. The Balaban J connectivity index is 2.53. The molecule has 8 nitrogen and oxygen atoms in total. The second kappa shape index (κ2) is 24.4. The summed E-state index contributed by atoms with van der Waals surface area (Å²) < 4.78 is 22.7. The summed E-state index contributed by atoms with van der Waals surface area (Å²) >= 11 is 0. The second-order valence-corrected chi connectivity index (χ2v) is 11.2. The highest BCUT2D eigenvalue weighted by molar-refractivity contribution is 5.70. The SMILES string of the molecule is CCCCCCCCCCCC(=O)O[C@H]1[C@H](O)[C@@H](CO)OC(OCC)[C@@H]1OC(=O)CCCCCCCCCCC. The van der Waals surface area contributed by atoms with Crippen molar-refractivity contribution >= 4 is 11.9 Å². The van der Waals surface area contributed by atoms with E-state index in [4.69, 9.17) is 18.9 Å². The van der Waals surface area contributed by atoms with Gasteiger partial charge in [-0.2, -0.15) is 0 Å². The molecule has 0 bridgehead atoms. The fraction of sp³-hybridized carbons (Fsp3) is 0.938. The largest absolute Gasteiger partial charge is 0.455 e. The van der Waals surface area contributed by atoms with E-state index in [0.29, 0.717) is 12.8 Å². The first-order chi connectivity index (χ1) is 19.5. The number of aliphatic hydroxyl groups is 2. The van der Waals surface area contributed by atoms with Crippen LogP contribution in [0.4, 0.5) is 0 Å². The summed E-state index contributed by atoms with van der Waals surface area (Å²) in [6.07, 6.45) is 15.3. The van der Waals surface area contributed by atoms with Crippen LogP contribution in [-0.4, -0.2) is 66.1 Å². The lowest BCUT2D eigenvalue weighted by Gasteiger charge is -2.42. The van der Waals surface area contributed by atoms with E-state index in [2.05, 4.69) is 13.8 Å². The highest BCUT2D eigenvalue weighted by Crippen LogP contribution is 2.28. The Morgan fingerprint density at radius 1 is 0.625 bits per heavy atom. The van der Waals surface area contributed by atoms with Gasteiger partial charge < -0.3 is 29.2 Å². The standard InChI is InChI=1S/C32H60O8/c1-4-7-9-11-13-15-17-19-21-23-27(34)39-30-29(36)26(25-33)38-32(37-6-3)31(30)40-28(35)24-22-20-18-16-14-12-10-8-5-2/h26,29-33,36H,4-25H2,1-3H3/t26-,29-,30+,31-,32?/m1/s1. The molecule has 2 N–H and O–H groups in total. The predicted molar refractivity (Wildman–Crippen MR) is 157 cm³/mol. The average molecular weight is 573 g/mol. The fourth-order valence-corrected chi connectivity index (χ4v) is 5.18. The molecule has 1 rings (SSSR count). The van der Waals surface area contributed by atoms with Crippen LogP contribution in [0.25, 0.3) is 0 Å². The summed E-state index contributed by atoms with van der Waals surface area (Å²) in [4.78, 5) is 25.4. The lowest BCUT2D eigenvalue weighted by atomic mass is 9.98. The number of unbranched alkanes of at least 4 members (excludes halogenated alkanes) is 16. The van der Waals surface area contributed by atoms with Gasteiger partial charge in [-0.3, -0.25) is 9.59 Å².